The third kappa shape index (κ3) is 3.48. The van der Waals surface area contributed by atoms with Gasteiger partial charge < -0.3 is 9.88 Å². The van der Waals surface area contributed by atoms with Crippen LogP contribution in [0.5, 0.6) is 0 Å². The molecule has 27 heavy (non-hydrogen) atoms. The Labute approximate surface area is 162 Å². The van der Waals surface area contributed by atoms with Gasteiger partial charge in [0.2, 0.25) is 5.28 Å². The number of rotatable bonds is 5. The second-order valence-corrected chi connectivity index (χ2v) is 6.82. The maximum atomic E-state index is 6.15. The Kier molecular flexibility index (Phi) is 4.73. The zero-order chi connectivity index (χ0) is 18.8. The largest absolute Gasteiger partial charge is 0.364 e. The predicted molar refractivity (Wildman–Crippen MR) is 108 cm³/mol. The van der Waals surface area contributed by atoms with Crippen molar-refractivity contribution in [1.29, 1.82) is 0 Å². The van der Waals surface area contributed by atoms with Gasteiger partial charge in [0.1, 0.15) is 0 Å². The maximum absolute atomic E-state index is 6.15. The van der Waals surface area contributed by atoms with Gasteiger partial charge in [0.25, 0.3) is 0 Å². The van der Waals surface area contributed by atoms with Crippen LogP contribution in [0.25, 0.3) is 22.4 Å². The van der Waals surface area contributed by atoms with Crippen molar-refractivity contribution in [2.75, 3.05) is 5.32 Å². The summed E-state index contributed by atoms with van der Waals surface area (Å²) in [6.07, 6.45) is 3.57. The normalized spacial score (nSPS) is 11.3. The fourth-order valence-electron chi connectivity index (χ4n) is 3.02. The minimum atomic E-state index is 0.199. The molecular weight excluding hydrogens is 360 g/mol. The SMILES string of the molecule is CC(C)n1cnc2c(NCc3ccccc3-c3ccccn3)nc(Cl)nc21. The highest BCUT2D eigenvalue weighted by Gasteiger charge is 2.14. The molecule has 3 heterocycles. The summed E-state index contributed by atoms with van der Waals surface area (Å²) < 4.78 is 1.98. The second-order valence-electron chi connectivity index (χ2n) is 6.48. The number of nitrogens with one attached hydrogen (secondary N) is 1. The van der Waals surface area contributed by atoms with E-state index in [-0.39, 0.29) is 11.3 Å². The summed E-state index contributed by atoms with van der Waals surface area (Å²) in [5, 5.41) is 3.57. The van der Waals surface area contributed by atoms with E-state index in [9.17, 15) is 0 Å². The Morgan fingerprint density at radius 1 is 1.04 bits per heavy atom. The van der Waals surface area contributed by atoms with Gasteiger partial charge in [-0.15, -0.1) is 0 Å². The molecule has 0 amide bonds. The molecule has 0 aliphatic carbocycles. The van der Waals surface area contributed by atoms with Crippen molar-refractivity contribution in [1.82, 2.24) is 24.5 Å². The molecule has 0 saturated carbocycles. The molecule has 0 radical (unpaired) electrons. The van der Waals surface area contributed by atoms with Crippen LogP contribution in [-0.2, 0) is 6.54 Å². The smallest absolute Gasteiger partial charge is 0.226 e. The number of halogens is 1. The van der Waals surface area contributed by atoms with Crippen LogP contribution in [0.4, 0.5) is 5.82 Å². The molecule has 0 aliphatic heterocycles. The van der Waals surface area contributed by atoms with Crippen LogP contribution in [0.2, 0.25) is 5.28 Å². The van der Waals surface area contributed by atoms with Crippen LogP contribution in [0.1, 0.15) is 25.5 Å². The highest BCUT2D eigenvalue weighted by Crippen LogP contribution is 2.26. The highest BCUT2D eigenvalue weighted by molar-refractivity contribution is 6.28. The van der Waals surface area contributed by atoms with Gasteiger partial charge >= 0.3 is 0 Å². The van der Waals surface area contributed by atoms with Crippen molar-refractivity contribution in [2.24, 2.45) is 0 Å². The van der Waals surface area contributed by atoms with Gasteiger partial charge in [0, 0.05) is 24.3 Å². The van der Waals surface area contributed by atoms with Gasteiger partial charge in [-0.1, -0.05) is 30.3 Å². The maximum Gasteiger partial charge on any atom is 0.226 e. The van der Waals surface area contributed by atoms with Crippen molar-refractivity contribution in [3.63, 3.8) is 0 Å². The van der Waals surface area contributed by atoms with Crippen LogP contribution in [-0.4, -0.2) is 24.5 Å². The first-order chi connectivity index (χ1) is 13.1. The lowest BCUT2D eigenvalue weighted by molar-refractivity contribution is 0.612. The van der Waals surface area contributed by atoms with Gasteiger partial charge in [-0.05, 0) is 43.1 Å². The van der Waals surface area contributed by atoms with E-state index >= 15 is 0 Å². The number of hydrogen-bond donors (Lipinski definition) is 1. The van der Waals surface area contributed by atoms with Gasteiger partial charge in [0.15, 0.2) is 17.0 Å². The van der Waals surface area contributed by atoms with Gasteiger partial charge in [-0.3, -0.25) is 4.98 Å². The minimum Gasteiger partial charge on any atom is -0.364 e. The number of imidazole rings is 1. The number of hydrogen-bond acceptors (Lipinski definition) is 5. The molecule has 0 fully saturated rings. The standard InChI is InChI=1S/C20H19ClN6/c1-13(2)27-12-24-17-18(25-20(21)26-19(17)27)23-11-14-7-3-4-8-15(14)16-9-5-6-10-22-16/h3-10,12-13H,11H2,1-2H3,(H,23,25,26). The lowest BCUT2D eigenvalue weighted by Gasteiger charge is -2.12. The van der Waals surface area contributed by atoms with Crippen molar-refractivity contribution < 1.29 is 0 Å². The number of aromatic nitrogens is 5. The predicted octanol–water partition coefficient (Wildman–Crippen LogP) is 4.73. The fourth-order valence-corrected chi connectivity index (χ4v) is 3.18. The monoisotopic (exact) mass is 378 g/mol. The minimum absolute atomic E-state index is 0.199. The first-order valence-electron chi connectivity index (χ1n) is 8.76. The third-order valence-corrected chi connectivity index (χ3v) is 4.52. The molecule has 1 N–H and O–H groups in total. The number of fused-ring (bicyclic) bond motifs is 1. The van der Waals surface area contributed by atoms with E-state index in [1.54, 1.807) is 12.5 Å². The Balaban J connectivity index is 1.67. The molecule has 0 spiro atoms. The van der Waals surface area contributed by atoms with E-state index in [1.807, 2.05) is 34.9 Å². The molecule has 0 saturated heterocycles. The first-order valence-corrected chi connectivity index (χ1v) is 9.14. The van der Waals surface area contributed by atoms with Crippen LogP contribution < -0.4 is 5.32 Å². The van der Waals surface area contributed by atoms with Crippen LogP contribution in [0.15, 0.2) is 55.0 Å². The molecule has 0 atom stereocenters. The fraction of sp³-hybridized carbons (Fsp3) is 0.200. The summed E-state index contributed by atoms with van der Waals surface area (Å²) in [4.78, 5) is 17.6. The van der Waals surface area contributed by atoms with E-state index in [0.29, 0.717) is 17.9 Å². The molecule has 0 unspecified atom stereocenters. The number of pyridine rings is 1. The molecular formula is C20H19ClN6. The molecule has 1 aromatic carbocycles. The van der Waals surface area contributed by atoms with E-state index in [2.05, 4.69) is 51.2 Å². The average Bonchev–Trinajstić information content (AvgIpc) is 3.11. The van der Waals surface area contributed by atoms with E-state index < -0.39 is 0 Å². The van der Waals surface area contributed by atoms with Crippen LogP contribution in [0.3, 0.4) is 0 Å². The number of benzene rings is 1. The lowest BCUT2D eigenvalue weighted by Crippen LogP contribution is -2.06. The summed E-state index contributed by atoms with van der Waals surface area (Å²) in [6.45, 7) is 4.73. The molecule has 0 aliphatic rings. The highest BCUT2D eigenvalue weighted by atomic mass is 35.5. The molecule has 7 heteroatoms. The summed E-state index contributed by atoms with van der Waals surface area (Å²) in [5.74, 6) is 0.625. The van der Waals surface area contributed by atoms with Crippen LogP contribution >= 0.6 is 11.6 Å². The quantitative estimate of drug-likeness (QED) is 0.508. The van der Waals surface area contributed by atoms with E-state index in [0.717, 1.165) is 22.5 Å². The second kappa shape index (κ2) is 7.32. The van der Waals surface area contributed by atoms with E-state index in [1.165, 1.54) is 0 Å². The van der Waals surface area contributed by atoms with Gasteiger partial charge in [0.05, 0.1) is 12.0 Å². The molecule has 6 nitrogen and oxygen atoms in total. The molecule has 3 aromatic heterocycles. The molecule has 136 valence electrons. The Morgan fingerprint density at radius 2 is 1.85 bits per heavy atom. The molecule has 4 aromatic rings. The van der Waals surface area contributed by atoms with Crippen molar-refractivity contribution in [3.8, 4) is 11.3 Å². The number of anilines is 1. The van der Waals surface area contributed by atoms with Crippen molar-refractivity contribution in [3.05, 3.63) is 65.8 Å². The van der Waals surface area contributed by atoms with Crippen molar-refractivity contribution in [2.45, 2.75) is 26.4 Å². The van der Waals surface area contributed by atoms with Gasteiger partial charge in [-0.25, -0.2) is 4.98 Å². The molecule has 0 bridgehead atoms. The lowest BCUT2D eigenvalue weighted by atomic mass is 10.0. The Hall–Kier alpha value is -2.99. The van der Waals surface area contributed by atoms with Crippen LogP contribution in [0, 0.1) is 0 Å². The topological polar surface area (TPSA) is 68.5 Å². The Bertz CT molecular complexity index is 1070. The summed E-state index contributed by atoms with van der Waals surface area (Å²) in [5.41, 5.74) is 4.57. The summed E-state index contributed by atoms with van der Waals surface area (Å²) in [6, 6.07) is 14.3. The summed E-state index contributed by atoms with van der Waals surface area (Å²) in [7, 11) is 0. The average molecular weight is 379 g/mol. The van der Waals surface area contributed by atoms with Gasteiger partial charge in [-0.2, -0.15) is 9.97 Å². The Morgan fingerprint density at radius 3 is 2.63 bits per heavy atom. The summed E-state index contributed by atoms with van der Waals surface area (Å²) >= 11 is 6.15. The zero-order valence-corrected chi connectivity index (χ0v) is 15.9. The van der Waals surface area contributed by atoms with Crippen molar-refractivity contribution >= 4 is 28.6 Å². The first kappa shape index (κ1) is 17.4. The molecule has 4 rings (SSSR count). The third-order valence-electron chi connectivity index (χ3n) is 4.35. The number of nitrogens with zero attached hydrogens (tertiary/aromatic N) is 5. The van der Waals surface area contributed by atoms with E-state index in [4.69, 9.17) is 11.6 Å². The zero-order valence-electron chi connectivity index (χ0n) is 15.1.